The predicted molar refractivity (Wildman–Crippen MR) is 122 cm³/mol. The number of hydrogen-bond acceptors (Lipinski definition) is 4. The molecule has 188 valence electrons. The molecule has 0 aromatic heterocycles. The first-order valence-electron chi connectivity index (χ1n) is 11.0. The molecule has 2 atom stereocenters. The number of rotatable bonds is 7. The summed E-state index contributed by atoms with van der Waals surface area (Å²) in [5.74, 6) is -3.53. The maximum Gasteiger partial charge on any atom is 0.417 e. The maximum atomic E-state index is 13.6. The number of carbonyl (C=O) groups is 3. The Balaban J connectivity index is 1.70. The Morgan fingerprint density at radius 3 is 1.91 bits per heavy atom. The highest BCUT2D eigenvalue weighted by molar-refractivity contribution is 5.90. The van der Waals surface area contributed by atoms with Gasteiger partial charge < -0.3 is 20.5 Å². The van der Waals surface area contributed by atoms with Crippen LogP contribution in [0.3, 0.4) is 0 Å². The minimum atomic E-state index is -5.17. The van der Waals surface area contributed by atoms with Gasteiger partial charge in [0.2, 0.25) is 6.04 Å². The number of fused-ring (bicyclic) bond motifs is 3. The van der Waals surface area contributed by atoms with Crippen LogP contribution in [0.2, 0.25) is 0 Å². The quantitative estimate of drug-likeness (QED) is 0.529. The van der Waals surface area contributed by atoms with Gasteiger partial charge in [0.05, 0.1) is 0 Å². The van der Waals surface area contributed by atoms with Gasteiger partial charge in [0, 0.05) is 5.92 Å². The average molecular weight is 492 g/mol. The van der Waals surface area contributed by atoms with Crippen LogP contribution in [-0.2, 0) is 14.3 Å². The minimum Gasteiger partial charge on any atom is -0.480 e. The van der Waals surface area contributed by atoms with E-state index in [9.17, 15) is 32.7 Å². The van der Waals surface area contributed by atoms with Crippen LogP contribution < -0.4 is 10.6 Å². The number of alkyl halides is 3. The van der Waals surface area contributed by atoms with E-state index in [-0.39, 0.29) is 18.9 Å². The summed E-state index contributed by atoms with van der Waals surface area (Å²) in [7, 11) is 0. The lowest BCUT2D eigenvalue weighted by molar-refractivity contribution is -0.169. The SMILES string of the molecule is CC(C)(C)CC(NC(=O)C(NC(=O)OCC1c2ccccc2-c2ccccc21)C(F)(F)F)C(=O)O. The highest BCUT2D eigenvalue weighted by Gasteiger charge is 2.47. The Morgan fingerprint density at radius 2 is 1.46 bits per heavy atom. The van der Waals surface area contributed by atoms with Gasteiger partial charge in [-0.3, -0.25) is 4.79 Å². The number of amides is 2. The molecule has 0 bridgehead atoms. The zero-order chi connectivity index (χ0) is 26.0. The summed E-state index contributed by atoms with van der Waals surface area (Å²) < 4.78 is 45.8. The number of carbonyl (C=O) groups excluding carboxylic acids is 2. The third-order valence-electron chi connectivity index (χ3n) is 5.63. The molecule has 0 heterocycles. The van der Waals surface area contributed by atoms with Crippen LogP contribution in [-0.4, -0.2) is 47.9 Å². The third-order valence-corrected chi connectivity index (χ3v) is 5.63. The fourth-order valence-electron chi connectivity index (χ4n) is 4.12. The van der Waals surface area contributed by atoms with Crippen molar-refractivity contribution in [2.45, 2.75) is 51.4 Å². The molecule has 7 nitrogen and oxygen atoms in total. The van der Waals surface area contributed by atoms with Crippen molar-refractivity contribution in [2.75, 3.05) is 6.61 Å². The number of carboxylic acid groups (broad SMARTS) is 1. The highest BCUT2D eigenvalue weighted by atomic mass is 19.4. The first-order valence-corrected chi connectivity index (χ1v) is 11.0. The molecular formula is C25H27F3N2O5. The summed E-state index contributed by atoms with van der Waals surface area (Å²) in [6, 6.07) is 10.4. The van der Waals surface area contributed by atoms with Gasteiger partial charge in [0.15, 0.2) is 0 Å². The zero-order valence-corrected chi connectivity index (χ0v) is 19.5. The summed E-state index contributed by atoms with van der Waals surface area (Å²) in [5.41, 5.74) is 3.06. The van der Waals surface area contributed by atoms with Gasteiger partial charge in [0.1, 0.15) is 12.6 Å². The Kier molecular flexibility index (Phi) is 7.42. The van der Waals surface area contributed by atoms with Gasteiger partial charge in [-0.1, -0.05) is 69.3 Å². The van der Waals surface area contributed by atoms with Gasteiger partial charge in [-0.15, -0.1) is 0 Å². The van der Waals surface area contributed by atoms with Crippen molar-refractivity contribution in [3.05, 3.63) is 59.7 Å². The van der Waals surface area contributed by atoms with E-state index < -0.39 is 41.6 Å². The molecule has 2 aromatic carbocycles. The van der Waals surface area contributed by atoms with Gasteiger partial charge in [0.25, 0.3) is 5.91 Å². The first kappa shape index (κ1) is 26.1. The fourth-order valence-corrected chi connectivity index (χ4v) is 4.12. The molecule has 2 aromatic rings. The summed E-state index contributed by atoms with van der Waals surface area (Å²) in [6.45, 7) is 4.82. The van der Waals surface area contributed by atoms with Crippen molar-refractivity contribution in [3.63, 3.8) is 0 Å². The third kappa shape index (κ3) is 6.32. The molecule has 0 saturated carbocycles. The average Bonchev–Trinajstić information content (AvgIpc) is 3.07. The number of ether oxygens (including phenoxy) is 1. The van der Waals surface area contributed by atoms with Crippen LogP contribution >= 0.6 is 0 Å². The number of hydrogen-bond donors (Lipinski definition) is 3. The number of nitrogens with one attached hydrogen (secondary N) is 2. The molecule has 0 fully saturated rings. The first-order chi connectivity index (χ1) is 16.3. The number of benzene rings is 2. The number of alkyl carbamates (subject to hydrolysis) is 1. The molecule has 0 radical (unpaired) electrons. The van der Waals surface area contributed by atoms with E-state index in [0.717, 1.165) is 22.3 Å². The molecule has 10 heteroatoms. The molecule has 0 spiro atoms. The van der Waals surface area contributed by atoms with Crippen molar-refractivity contribution >= 4 is 18.0 Å². The molecule has 2 unspecified atom stereocenters. The van der Waals surface area contributed by atoms with Gasteiger partial charge in [-0.25, -0.2) is 9.59 Å². The Morgan fingerprint density at radius 1 is 0.943 bits per heavy atom. The molecule has 35 heavy (non-hydrogen) atoms. The fraction of sp³-hybridized carbons (Fsp3) is 0.400. The van der Waals surface area contributed by atoms with E-state index in [2.05, 4.69) is 0 Å². The topological polar surface area (TPSA) is 105 Å². The Labute approximate surface area is 200 Å². The molecule has 3 rings (SSSR count). The molecule has 1 aliphatic carbocycles. The van der Waals surface area contributed by atoms with E-state index in [1.54, 1.807) is 26.1 Å². The highest BCUT2D eigenvalue weighted by Crippen LogP contribution is 2.44. The van der Waals surface area contributed by atoms with Crippen LogP contribution in [0.5, 0.6) is 0 Å². The van der Waals surface area contributed by atoms with Gasteiger partial charge in [-0.05, 0) is 34.1 Å². The molecule has 1 aliphatic rings. The molecule has 3 N–H and O–H groups in total. The number of aliphatic carboxylic acids is 1. The second-order valence-electron chi connectivity index (χ2n) is 9.61. The van der Waals surface area contributed by atoms with Crippen molar-refractivity contribution in [1.29, 1.82) is 0 Å². The van der Waals surface area contributed by atoms with Crippen LogP contribution in [0, 0.1) is 5.41 Å². The van der Waals surface area contributed by atoms with E-state index in [0.29, 0.717) is 0 Å². The van der Waals surface area contributed by atoms with Crippen LogP contribution in [0.15, 0.2) is 48.5 Å². The number of carboxylic acids is 1. The molecular weight excluding hydrogens is 465 g/mol. The van der Waals surface area contributed by atoms with Crippen molar-refractivity contribution < 1.29 is 37.4 Å². The molecule has 0 aliphatic heterocycles. The van der Waals surface area contributed by atoms with Gasteiger partial charge >= 0.3 is 18.2 Å². The monoisotopic (exact) mass is 492 g/mol. The van der Waals surface area contributed by atoms with Crippen molar-refractivity contribution in [3.8, 4) is 11.1 Å². The van der Waals surface area contributed by atoms with Crippen molar-refractivity contribution in [2.24, 2.45) is 5.41 Å². The van der Waals surface area contributed by atoms with Crippen LogP contribution in [0.25, 0.3) is 11.1 Å². The lowest BCUT2D eigenvalue weighted by Crippen LogP contribution is -2.58. The summed E-state index contributed by atoms with van der Waals surface area (Å²) in [5, 5.41) is 12.7. The smallest absolute Gasteiger partial charge is 0.417 e. The largest absolute Gasteiger partial charge is 0.480 e. The van der Waals surface area contributed by atoms with E-state index in [4.69, 9.17) is 4.74 Å². The van der Waals surface area contributed by atoms with Crippen LogP contribution in [0.4, 0.5) is 18.0 Å². The van der Waals surface area contributed by atoms with Crippen molar-refractivity contribution in [1.82, 2.24) is 10.6 Å². The second kappa shape index (κ2) is 9.97. The molecule has 2 amide bonds. The molecule has 0 saturated heterocycles. The lowest BCUT2D eigenvalue weighted by atomic mass is 9.88. The van der Waals surface area contributed by atoms with E-state index in [1.807, 2.05) is 53.8 Å². The lowest BCUT2D eigenvalue weighted by Gasteiger charge is -2.27. The Hall–Kier alpha value is -3.56. The summed E-state index contributed by atoms with van der Waals surface area (Å²) in [4.78, 5) is 36.1. The maximum absolute atomic E-state index is 13.6. The van der Waals surface area contributed by atoms with Crippen LogP contribution in [0.1, 0.15) is 44.2 Å². The van der Waals surface area contributed by atoms with E-state index >= 15 is 0 Å². The van der Waals surface area contributed by atoms with E-state index in [1.165, 1.54) is 0 Å². The summed E-state index contributed by atoms with van der Waals surface area (Å²) >= 11 is 0. The summed E-state index contributed by atoms with van der Waals surface area (Å²) in [6.07, 6.45) is -6.71. The minimum absolute atomic E-state index is 0.108. The zero-order valence-electron chi connectivity index (χ0n) is 19.5. The standard InChI is InChI=1S/C25H27F3N2O5/c1-24(2,3)12-19(22(32)33)29-21(31)20(25(26,27)28)30-23(34)35-13-18-16-10-6-4-8-14(16)15-9-5-7-11-17(15)18/h4-11,18-20H,12-13H2,1-3H3,(H,29,31)(H,30,34)(H,32,33). The van der Waals surface area contributed by atoms with Gasteiger partial charge in [-0.2, -0.15) is 13.2 Å². The Bertz CT molecular complexity index is 1070. The second-order valence-corrected chi connectivity index (χ2v) is 9.61. The predicted octanol–water partition coefficient (Wildman–Crippen LogP) is 4.46. The normalized spacial score (nSPS) is 14.9. The number of halogens is 3.